The van der Waals surface area contributed by atoms with Gasteiger partial charge in [0.2, 0.25) is 0 Å². The van der Waals surface area contributed by atoms with Crippen molar-refractivity contribution in [3.05, 3.63) is 41.6 Å². The highest BCUT2D eigenvalue weighted by atomic mass is 16.5. The van der Waals surface area contributed by atoms with E-state index < -0.39 is 11.9 Å². The van der Waals surface area contributed by atoms with Gasteiger partial charge in [0.25, 0.3) is 5.91 Å². The first-order valence-corrected chi connectivity index (χ1v) is 8.40. The first-order chi connectivity index (χ1) is 12.6. The van der Waals surface area contributed by atoms with Gasteiger partial charge in [0.15, 0.2) is 0 Å². The maximum absolute atomic E-state index is 12.1. The quantitative estimate of drug-likeness (QED) is 0.366. The van der Waals surface area contributed by atoms with Crippen LogP contribution in [-0.4, -0.2) is 63.2 Å². The summed E-state index contributed by atoms with van der Waals surface area (Å²) in [4.78, 5) is 25.9. The summed E-state index contributed by atoms with van der Waals surface area (Å²) >= 11 is 0. The molecular formula is C18H23N5O3. The number of carbonyl (C=O) groups is 2. The summed E-state index contributed by atoms with van der Waals surface area (Å²) in [7, 11) is 1.31. The Morgan fingerprint density at radius 2 is 2.15 bits per heavy atom. The number of rotatable bonds is 7. The molecule has 1 aliphatic rings. The van der Waals surface area contributed by atoms with Crippen LogP contribution in [0.3, 0.4) is 0 Å². The molecule has 0 aliphatic carbocycles. The lowest BCUT2D eigenvalue weighted by molar-refractivity contribution is -0.117. The van der Waals surface area contributed by atoms with Crippen LogP contribution in [-0.2, 0) is 9.53 Å². The number of amides is 1. The zero-order valence-corrected chi connectivity index (χ0v) is 14.7. The zero-order chi connectivity index (χ0) is 18.8. The van der Waals surface area contributed by atoms with Crippen molar-refractivity contribution in [1.82, 2.24) is 15.5 Å². The van der Waals surface area contributed by atoms with E-state index in [0.29, 0.717) is 17.8 Å². The molecule has 0 spiro atoms. The number of nitrogens with one attached hydrogen (secondary N) is 3. The summed E-state index contributed by atoms with van der Waals surface area (Å²) in [5.74, 6) is -0.886. The fourth-order valence-electron chi connectivity index (χ4n) is 2.52. The summed E-state index contributed by atoms with van der Waals surface area (Å²) < 4.78 is 4.66. The number of methoxy groups -OCH3 is 1. The highest BCUT2D eigenvalue weighted by Crippen LogP contribution is 2.12. The second-order valence-electron chi connectivity index (χ2n) is 5.73. The summed E-state index contributed by atoms with van der Waals surface area (Å²) in [6.45, 7) is 5.04. The molecule has 8 heteroatoms. The average Bonchev–Trinajstić information content (AvgIpc) is 2.69. The zero-order valence-electron chi connectivity index (χ0n) is 14.7. The van der Waals surface area contributed by atoms with Crippen molar-refractivity contribution in [2.24, 2.45) is 0 Å². The van der Waals surface area contributed by atoms with Gasteiger partial charge >= 0.3 is 5.97 Å². The summed E-state index contributed by atoms with van der Waals surface area (Å²) in [6, 6.07) is 8.49. The minimum Gasteiger partial charge on any atom is -0.465 e. The van der Waals surface area contributed by atoms with Crippen molar-refractivity contribution in [3.8, 4) is 6.07 Å². The Labute approximate surface area is 152 Å². The normalized spacial score (nSPS) is 15.0. The Hall–Kier alpha value is -2.89. The van der Waals surface area contributed by atoms with E-state index in [1.165, 1.54) is 13.3 Å². The van der Waals surface area contributed by atoms with Crippen molar-refractivity contribution >= 4 is 17.6 Å². The van der Waals surface area contributed by atoms with Crippen LogP contribution in [0.1, 0.15) is 10.4 Å². The van der Waals surface area contributed by atoms with Gasteiger partial charge in [0.1, 0.15) is 11.6 Å². The van der Waals surface area contributed by atoms with E-state index in [2.05, 4.69) is 25.6 Å². The van der Waals surface area contributed by atoms with E-state index in [0.717, 1.165) is 32.7 Å². The van der Waals surface area contributed by atoms with Gasteiger partial charge in [-0.25, -0.2) is 4.79 Å². The lowest BCUT2D eigenvalue weighted by atomic mass is 10.2. The van der Waals surface area contributed by atoms with Crippen LogP contribution < -0.4 is 16.0 Å². The van der Waals surface area contributed by atoms with Gasteiger partial charge in [-0.15, -0.1) is 0 Å². The molecule has 1 aromatic carbocycles. The van der Waals surface area contributed by atoms with Crippen molar-refractivity contribution in [1.29, 1.82) is 5.26 Å². The molecule has 138 valence electrons. The number of nitriles is 1. The Kier molecular flexibility index (Phi) is 7.61. The highest BCUT2D eigenvalue weighted by Gasteiger charge is 2.12. The molecule has 2 rings (SSSR count). The van der Waals surface area contributed by atoms with Crippen molar-refractivity contribution in [2.75, 3.05) is 51.7 Å². The van der Waals surface area contributed by atoms with Gasteiger partial charge in [-0.05, 0) is 18.2 Å². The third-order valence-electron chi connectivity index (χ3n) is 3.96. The second kappa shape index (κ2) is 10.2. The SMILES string of the molecule is COC(=O)c1cccc(N/C=C(/C#N)C(=O)NCCN2CCNCC2)c1. The van der Waals surface area contributed by atoms with Gasteiger partial charge < -0.3 is 20.7 Å². The van der Waals surface area contributed by atoms with Gasteiger partial charge in [-0.1, -0.05) is 6.07 Å². The molecule has 1 saturated heterocycles. The average molecular weight is 357 g/mol. The maximum atomic E-state index is 12.1. The predicted molar refractivity (Wildman–Crippen MR) is 97.4 cm³/mol. The molecule has 0 aromatic heterocycles. The Bertz CT molecular complexity index is 705. The number of esters is 1. The van der Waals surface area contributed by atoms with Gasteiger partial charge in [-0.3, -0.25) is 9.69 Å². The van der Waals surface area contributed by atoms with Crippen LogP contribution in [0.5, 0.6) is 0 Å². The van der Waals surface area contributed by atoms with E-state index in [4.69, 9.17) is 0 Å². The number of ether oxygens (including phenoxy) is 1. The van der Waals surface area contributed by atoms with Crippen LogP contribution in [0.15, 0.2) is 36.0 Å². The molecule has 26 heavy (non-hydrogen) atoms. The molecule has 1 fully saturated rings. The van der Waals surface area contributed by atoms with Crippen molar-refractivity contribution in [3.63, 3.8) is 0 Å². The van der Waals surface area contributed by atoms with Crippen LogP contribution in [0, 0.1) is 11.3 Å². The van der Waals surface area contributed by atoms with E-state index in [1.807, 2.05) is 6.07 Å². The lowest BCUT2D eigenvalue weighted by Crippen LogP contribution is -2.46. The molecule has 1 heterocycles. The Morgan fingerprint density at radius 3 is 2.85 bits per heavy atom. The third-order valence-corrected chi connectivity index (χ3v) is 3.96. The number of piperazine rings is 1. The van der Waals surface area contributed by atoms with E-state index in [1.54, 1.807) is 24.3 Å². The van der Waals surface area contributed by atoms with E-state index in [9.17, 15) is 14.9 Å². The number of benzene rings is 1. The molecule has 8 nitrogen and oxygen atoms in total. The molecule has 1 amide bonds. The highest BCUT2D eigenvalue weighted by molar-refractivity contribution is 5.97. The van der Waals surface area contributed by atoms with E-state index in [-0.39, 0.29) is 5.57 Å². The standard InChI is InChI=1S/C18H23N5O3/c1-26-18(25)14-3-2-4-16(11-14)22-13-15(12-19)17(24)21-7-10-23-8-5-20-6-9-23/h2-4,11,13,20,22H,5-10H2,1H3,(H,21,24)/b15-13-. The third kappa shape index (κ3) is 5.88. The van der Waals surface area contributed by atoms with Gasteiger partial charge in [-0.2, -0.15) is 5.26 Å². The first-order valence-electron chi connectivity index (χ1n) is 8.40. The summed E-state index contributed by atoms with van der Waals surface area (Å²) in [5.41, 5.74) is 0.924. The first kappa shape index (κ1) is 19.4. The Morgan fingerprint density at radius 1 is 1.38 bits per heavy atom. The molecule has 1 aromatic rings. The smallest absolute Gasteiger partial charge is 0.337 e. The molecule has 1 aliphatic heterocycles. The topological polar surface area (TPSA) is 106 Å². The Balaban J connectivity index is 1.87. The number of hydrogen-bond donors (Lipinski definition) is 3. The van der Waals surface area contributed by atoms with Crippen molar-refractivity contribution in [2.45, 2.75) is 0 Å². The number of hydrogen-bond acceptors (Lipinski definition) is 7. The number of anilines is 1. The van der Waals surface area contributed by atoms with Crippen LogP contribution in [0.4, 0.5) is 5.69 Å². The maximum Gasteiger partial charge on any atom is 0.337 e. The predicted octanol–water partition coefficient (Wildman–Crippen LogP) is 0.314. The van der Waals surface area contributed by atoms with Crippen LogP contribution in [0.2, 0.25) is 0 Å². The molecule has 3 N–H and O–H groups in total. The summed E-state index contributed by atoms with van der Waals surface area (Å²) in [5, 5.41) is 18.1. The lowest BCUT2D eigenvalue weighted by Gasteiger charge is -2.27. The fraction of sp³-hybridized carbons (Fsp3) is 0.389. The van der Waals surface area contributed by atoms with Gasteiger partial charge in [0.05, 0.1) is 12.7 Å². The van der Waals surface area contributed by atoms with Crippen molar-refractivity contribution < 1.29 is 14.3 Å². The minimum atomic E-state index is -0.455. The molecule has 0 bridgehead atoms. The van der Waals surface area contributed by atoms with Crippen LogP contribution in [0.25, 0.3) is 0 Å². The van der Waals surface area contributed by atoms with E-state index >= 15 is 0 Å². The molecule has 0 radical (unpaired) electrons. The van der Waals surface area contributed by atoms with Gasteiger partial charge in [0, 0.05) is 51.2 Å². The van der Waals surface area contributed by atoms with Crippen LogP contribution >= 0.6 is 0 Å². The monoisotopic (exact) mass is 357 g/mol. The molecule has 0 unspecified atom stereocenters. The molecular weight excluding hydrogens is 334 g/mol. The second-order valence-corrected chi connectivity index (χ2v) is 5.73. The minimum absolute atomic E-state index is 0.0335. The number of carbonyl (C=O) groups excluding carboxylic acids is 2. The fourth-order valence-corrected chi connectivity index (χ4v) is 2.52. The molecule has 0 saturated carbocycles. The number of nitrogens with zero attached hydrogens (tertiary/aromatic N) is 2. The largest absolute Gasteiger partial charge is 0.465 e. The molecule has 0 atom stereocenters. The summed E-state index contributed by atoms with van der Waals surface area (Å²) in [6.07, 6.45) is 1.33.